The summed E-state index contributed by atoms with van der Waals surface area (Å²) in [6, 6.07) is 10.8. The Morgan fingerprint density at radius 1 is 1.21 bits per heavy atom. The van der Waals surface area contributed by atoms with E-state index in [-0.39, 0.29) is 24.0 Å². The van der Waals surface area contributed by atoms with Crippen molar-refractivity contribution < 1.29 is 0 Å². The number of hydrogen-bond acceptors (Lipinski definition) is 3. The number of guanidine groups is 1. The van der Waals surface area contributed by atoms with E-state index in [1.807, 2.05) is 29.1 Å². The smallest absolute Gasteiger partial charge is 0.191 e. The fraction of sp³-hybridized carbons (Fsp3) is 0.524. The highest BCUT2D eigenvalue weighted by atomic mass is 127. The molecule has 0 radical (unpaired) electrons. The summed E-state index contributed by atoms with van der Waals surface area (Å²) >= 11 is 0. The van der Waals surface area contributed by atoms with Crippen LogP contribution in [0.2, 0.25) is 0 Å². The molecule has 1 aliphatic rings. The number of para-hydroxylation sites is 1. The standard InChI is InChI=1S/C21H32N6.HI/c1-3-22-21(24-16-20-11-8-14-26(20)4-2)23-13-12-18-15-25-27(17-18)19-9-6-5-7-10-19;/h5-7,9-10,15,17,20H,3-4,8,11-14,16H2,1-2H3,(H2,22,23,24);1H. The lowest BCUT2D eigenvalue weighted by Crippen LogP contribution is -2.40. The molecule has 3 rings (SSSR count). The quantitative estimate of drug-likeness (QED) is 0.335. The molecule has 0 spiro atoms. The zero-order chi connectivity index (χ0) is 18.9. The first-order valence-electron chi connectivity index (χ1n) is 10.1. The summed E-state index contributed by atoms with van der Waals surface area (Å²) < 4.78 is 1.92. The molecule has 2 heterocycles. The van der Waals surface area contributed by atoms with Crippen LogP contribution < -0.4 is 10.6 Å². The van der Waals surface area contributed by atoms with Gasteiger partial charge in [0.2, 0.25) is 0 Å². The molecule has 1 atom stereocenters. The Kier molecular flexibility index (Phi) is 9.77. The Labute approximate surface area is 185 Å². The second-order valence-electron chi connectivity index (χ2n) is 6.95. The van der Waals surface area contributed by atoms with Gasteiger partial charge < -0.3 is 10.6 Å². The number of aliphatic imine (C=N–C) groups is 1. The Morgan fingerprint density at radius 2 is 2.04 bits per heavy atom. The third-order valence-corrected chi connectivity index (χ3v) is 5.07. The normalized spacial score (nSPS) is 17.4. The molecular formula is C21H33IN6. The van der Waals surface area contributed by atoms with Crippen LogP contribution in [-0.4, -0.2) is 59.4 Å². The summed E-state index contributed by atoms with van der Waals surface area (Å²) in [5, 5.41) is 11.3. The van der Waals surface area contributed by atoms with Crippen molar-refractivity contribution in [1.82, 2.24) is 25.3 Å². The number of hydrogen-bond donors (Lipinski definition) is 2. The predicted octanol–water partition coefficient (Wildman–Crippen LogP) is 3.07. The van der Waals surface area contributed by atoms with E-state index >= 15 is 0 Å². The number of likely N-dealkylation sites (N-methyl/N-ethyl adjacent to an activating group) is 1. The van der Waals surface area contributed by atoms with Crippen molar-refractivity contribution in [3.63, 3.8) is 0 Å². The summed E-state index contributed by atoms with van der Waals surface area (Å²) in [4.78, 5) is 7.34. The fourth-order valence-electron chi connectivity index (χ4n) is 3.59. The monoisotopic (exact) mass is 496 g/mol. The zero-order valence-corrected chi connectivity index (χ0v) is 19.3. The van der Waals surface area contributed by atoms with Gasteiger partial charge in [0.1, 0.15) is 0 Å². The average molecular weight is 496 g/mol. The van der Waals surface area contributed by atoms with Gasteiger partial charge in [-0.3, -0.25) is 9.89 Å². The van der Waals surface area contributed by atoms with E-state index in [2.05, 4.69) is 52.8 Å². The number of halogens is 1. The summed E-state index contributed by atoms with van der Waals surface area (Å²) in [6.45, 7) is 9.27. The first-order valence-corrected chi connectivity index (χ1v) is 10.1. The first-order chi connectivity index (χ1) is 13.3. The molecule has 1 aromatic carbocycles. The van der Waals surface area contributed by atoms with E-state index in [1.165, 1.54) is 24.9 Å². The second kappa shape index (κ2) is 12.1. The lowest BCUT2D eigenvalue weighted by molar-refractivity contribution is 0.273. The third kappa shape index (κ3) is 6.48. The van der Waals surface area contributed by atoms with Crippen molar-refractivity contribution in [2.24, 2.45) is 4.99 Å². The van der Waals surface area contributed by atoms with Gasteiger partial charge in [-0.05, 0) is 57.0 Å². The van der Waals surface area contributed by atoms with E-state index in [0.717, 1.165) is 44.2 Å². The maximum absolute atomic E-state index is 4.81. The number of likely N-dealkylation sites (tertiary alicyclic amines) is 1. The van der Waals surface area contributed by atoms with Gasteiger partial charge in [-0.15, -0.1) is 24.0 Å². The first kappa shape index (κ1) is 22.7. The van der Waals surface area contributed by atoms with Gasteiger partial charge in [0.15, 0.2) is 5.96 Å². The minimum absolute atomic E-state index is 0. The molecule has 0 saturated carbocycles. The molecule has 6 nitrogen and oxygen atoms in total. The highest BCUT2D eigenvalue weighted by molar-refractivity contribution is 14.0. The fourth-order valence-corrected chi connectivity index (χ4v) is 3.59. The number of rotatable bonds is 8. The Morgan fingerprint density at radius 3 is 2.79 bits per heavy atom. The van der Waals surface area contributed by atoms with Crippen molar-refractivity contribution in [1.29, 1.82) is 0 Å². The van der Waals surface area contributed by atoms with E-state index < -0.39 is 0 Å². The predicted molar refractivity (Wildman–Crippen MR) is 127 cm³/mol. The van der Waals surface area contributed by atoms with Crippen molar-refractivity contribution >= 4 is 29.9 Å². The van der Waals surface area contributed by atoms with Crippen LogP contribution in [0.5, 0.6) is 0 Å². The van der Waals surface area contributed by atoms with Gasteiger partial charge in [0.05, 0.1) is 18.4 Å². The van der Waals surface area contributed by atoms with Crippen molar-refractivity contribution in [3.8, 4) is 5.69 Å². The summed E-state index contributed by atoms with van der Waals surface area (Å²) in [5.74, 6) is 0.913. The molecule has 1 saturated heterocycles. The minimum Gasteiger partial charge on any atom is -0.357 e. The molecule has 1 unspecified atom stereocenters. The van der Waals surface area contributed by atoms with Crippen LogP contribution in [-0.2, 0) is 6.42 Å². The molecule has 0 amide bonds. The van der Waals surface area contributed by atoms with Crippen LogP contribution in [0, 0.1) is 0 Å². The highest BCUT2D eigenvalue weighted by Gasteiger charge is 2.22. The Bertz CT molecular complexity index is 715. The van der Waals surface area contributed by atoms with Gasteiger partial charge in [-0.25, -0.2) is 4.68 Å². The van der Waals surface area contributed by atoms with Gasteiger partial charge in [0.25, 0.3) is 0 Å². The molecule has 1 fully saturated rings. The highest BCUT2D eigenvalue weighted by Crippen LogP contribution is 2.16. The lowest BCUT2D eigenvalue weighted by Gasteiger charge is -2.21. The maximum Gasteiger partial charge on any atom is 0.191 e. The third-order valence-electron chi connectivity index (χ3n) is 5.07. The molecule has 1 aliphatic heterocycles. The van der Waals surface area contributed by atoms with Crippen LogP contribution >= 0.6 is 24.0 Å². The Hall–Kier alpha value is -1.61. The summed E-state index contributed by atoms with van der Waals surface area (Å²) in [6.07, 6.45) is 7.51. The second-order valence-corrected chi connectivity index (χ2v) is 6.95. The lowest BCUT2D eigenvalue weighted by atomic mass is 10.2. The molecule has 0 bridgehead atoms. The van der Waals surface area contributed by atoms with E-state index in [1.54, 1.807) is 0 Å². The van der Waals surface area contributed by atoms with Gasteiger partial charge in [0, 0.05) is 25.3 Å². The van der Waals surface area contributed by atoms with Crippen LogP contribution in [0.1, 0.15) is 32.3 Å². The summed E-state index contributed by atoms with van der Waals surface area (Å²) in [7, 11) is 0. The van der Waals surface area contributed by atoms with Crippen molar-refractivity contribution in [2.45, 2.75) is 39.2 Å². The molecule has 0 aliphatic carbocycles. The van der Waals surface area contributed by atoms with Gasteiger partial charge >= 0.3 is 0 Å². The molecule has 2 aromatic rings. The SMILES string of the molecule is CCNC(=NCC1CCCN1CC)NCCc1cnn(-c2ccccc2)c1.I. The largest absolute Gasteiger partial charge is 0.357 e. The van der Waals surface area contributed by atoms with E-state index in [0.29, 0.717) is 6.04 Å². The maximum atomic E-state index is 4.81. The number of nitrogens with one attached hydrogen (secondary N) is 2. The van der Waals surface area contributed by atoms with Crippen LogP contribution in [0.25, 0.3) is 5.69 Å². The molecule has 154 valence electrons. The van der Waals surface area contributed by atoms with Crippen molar-refractivity contribution in [2.75, 3.05) is 32.7 Å². The summed E-state index contributed by atoms with van der Waals surface area (Å²) in [5.41, 5.74) is 2.30. The van der Waals surface area contributed by atoms with Gasteiger partial charge in [-0.1, -0.05) is 25.1 Å². The molecule has 7 heteroatoms. The molecule has 1 aromatic heterocycles. The minimum atomic E-state index is 0. The Balaban J connectivity index is 0.00000280. The van der Waals surface area contributed by atoms with Crippen LogP contribution in [0.3, 0.4) is 0 Å². The molecule has 28 heavy (non-hydrogen) atoms. The average Bonchev–Trinajstić information content (AvgIpc) is 3.36. The van der Waals surface area contributed by atoms with Gasteiger partial charge in [-0.2, -0.15) is 5.10 Å². The van der Waals surface area contributed by atoms with Crippen LogP contribution in [0.15, 0.2) is 47.7 Å². The van der Waals surface area contributed by atoms with E-state index in [9.17, 15) is 0 Å². The van der Waals surface area contributed by atoms with Crippen molar-refractivity contribution in [3.05, 3.63) is 48.3 Å². The van der Waals surface area contributed by atoms with E-state index in [4.69, 9.17) is 4.99 Å². The molecular weight excluding hydrogens is 463 g/mol. The molecule has 2 N–H and O–H groups in total. The topological polar surface area (TPSA) is 57.5 Å². The van der Waals surface area contributed by atoms with Crippen LogP contribution in [0.4, 0.5) is 0 Å². The zero-order valence-electron chi connectivity index (χ0n) is 17.0. The number of benzene rings is 1. The number of nitrogens with zero attached hydrogens (tertiary/aromatic N) is 4. The number of aromatic nitrogens is 2.